The second kappa shape index (κ2) is 8.48. The smallest absolute Gasteiger partial charge is 0.122 e. The zero-order valence-electron chi connectivity index (χ0n) is 13.1. The molecule has 0 spiro atoms. The van der Waals surface area contributed by atoms with E-state index in [0.29, 0.717) is 6.61 Å². The molecule has 2 rings (SSSR count). The second-order valence-electron chi connectivity index (χ2n) is 5.25. The van der Waals surface area contributed by atoms with Crippen LogP contribution >= 0.6 is 0 Å². The molecule has 0 saturated carbocycles. The lowest BCUT2D eigenvalue weighted by Crippen LogP contribution is -2.13. The highest BCUT2D eigenvalue weighted by atomic mass is 16.5. The van der Waals surface area contributed by atoms with Crippen LogP contribution in [0.2, 0.25) is 0 Å². The first-order valence-corrected chi connectivity index (χ1v) is 7.82. The van der Waals surface area contributed by atoms with Crippen molar-refractivity contribution in [2.45, 2.75) is 39.8 Å². The standard InChI is InChI=1S/C19H25NO/c1-3-12-20-14-16-8-7-9-17(13-16)15-21-19-11-6-5-10-18(19)4-2/h5-11,13,20H,3-4,12,14-15H2,1-2H3. The van der Waals surface area contributed by atoms with Crippen molar-refractivity contribution in [3.05, 3.63) is 65.2 Å². The van der Waals surface area contributed by atoms with E-state index >= 15 is 0 Å². The lowest BCUT2D eigenvalue weighted by molar-refractivity contribution is 0.303. The molecule has 0 radical (unpaired) electrons. The number of benzene rings is 2. The minimum atomic E-state index is 0.624. The largest absolute Gasteiger partial charge is 0.489 e. The molecule has 1 N–H and O–H groups in total. The SMILES string of the molecule is CCCNCc1cccc(COc2ccccc2CC)c1. The van der Waals surface area contributed by atoms with Gasteiger partial charge in [0.1, 0.15) is 12.4 Å². The molecule has 0 amide bonds. The molecule has 2 aromatic carbocycles. The van der Waals surface area contributed by atoms with Gasteiger partial charge in [-0.15, -0.1) is 0 Å². The summed E-state index contributed by atoms with van der Waals surface area (Å²) < 4.78 is 5.97. The molecule has 0 unspecified atom stereocenters. The van der Waals surface area contributed by atoms with Gasteiger partial charge in [0.25, 0.3) is 0 Å². The van der Waals surface area contributed by atoms with Gasteiger partial charge in [0.2, 0.25) is 0 Å². The fourth-order valence-electron chi connectivity index (χ4n) is 2.34. The van der Waals surface area contributed by atoms with Crippen molar-refractivity contribution in [3.63, 3.8) is 0 Å². The quantitative estimate of drug-likeness (QED) is 0.728. The molecule has 0 heterocycles. The van der Waals surface area contributed by atoms with E-state index in [9.17, 15) is 0 Å². The summed E-state index contributed by atoms with van der Waals surface area (Å²) in [6.07, 6.45) is 2.16. The van der Waals surface area contributed by atoms with Crippen LogP contribution in [0.3, 0.4) is 0 Å². The Labute approximate surface area is 128 Å². The van der Waals surface area contributed by atoms with E-state index < -0.39 is 0 Å². The number of aryl methyl sites for hydroxylation is 1. The van der Waals surface area contributed by atoms with Crippen LogP contribution in [-0.4, -0.2) is 6.54 Å². The molecule has 0 aliphatic rings. The van der Waals surface area contributed by atoms with E-state index in [0.717, 1.165) is 31.7 Å². The van der Waals surface area contributed by atoms with Gasteiger partial charge in [0.15, 0.2) is 0 Å². The van der Waals surface area contributed by atoms with Crippen molar-refractivity contribution in [2.24, 2.45) is 0 Å². The fourth-order valence-corrected chi connectivity index (χ4v) is 2.34. The number of rotatable bonds is 8. The second-order valence-corrected chi connectivity index (χ2v) is 5.25. The molecule has 0 atom stereocenters. The van der Waals surface area contributed by atoms with Gasteiger partial charge in [0.05, 0.1) is 0 Å². The first-order valence-electron chi connectivity index (χ1n) is 7.82. The summed E-state index contributed by atoms with van der Waals surface area (Å²) in [4.78, 5) is 0. The Morgan fingerprint density at radius 2 is 1.76 bits per heavy atom. The van der Waals surface area contributed by atoms with Gasteiger partial charge in [-0.25, -0.2) is 0 Å². The Morgan fingerprint density at radius 3 is 2.57 bits per heavy atom. The van der Waals surface area contributed by atoms with Crippen molar-refractivity contribution >= 4 is 0 Å². The predicted molar refractivity (Wildman–Crippen MR) is 88.6 cm³/mol. The zero-order chi connectivity index (χ0) is 14.9. The highest BCUT2D eigenvalue weighted by Crippen LogP contribution is 2.19. The number of hydrogen-bond donors (Lipinski definition) is 1. The molecule has 112 valence electrons. The summed E-state index contributed by atoms with van der Waals surface area (Å²) in [6, 6.07) is 16.9. The van der Waals surface area contributed by atoms with Gasteiger partial charge < -0.3 is 10.1 Å². The van der Waals surface area contributed by atoms with Crippen LogP contribution < -0.4 is 10.1 Å². The molecule has 0 aliphatic carbocycles. The minimum Gasteiger partial charge on any atom is -0.489 e. The molecular formula is C19H25NO. The summed E-state index contributed by atoms with van der Waals surface area (Å²) >= 11 is 0. The molecule has 21 heavy (non-hydrogen) atoms. The van der Waals surface area contributed by atoms with Crippen LogP contribution in [0.5, 0.6) is 5.75 Å². The first-order chi connectivity index (χ1) is 10.3. The lowest BCUT2D eigenvalue weighted by atomic mass is 10.1. The molecule has 0 bridgehead atoms. The van der Waals surface area contributed by atoms with Crippen LogP contribution in [0.1, 0.15) is 37.0 Å². The topological polar surface area (TPSA) is 21.3 Å². The number of hydrogen-bond acceptors (Lipinski definition) is 2. The Bertz CT molecular complexity index is 551. The van der Waals surface area contributed by atoms with Crippen molar-refractivity contribution < 1.29 is 4.74 Å². The Kier molecular flexibility index (Phi) is 6.29. The van der Waals surface area contributed by atoms with Crippen LogP contribution in [0.4, 0.5) is 0 Å². The Balaban J connectivity index is 1.95. The van der Waals surface area contributed by atoms with Gasteiger partial charge in [-0.2, -0.15) is 0 Å². The van der Waals surface area contributed by atoms with Gasteiger partial charge in [-0.3, -0.25) is 0 Å². The summed E-state index contributed by atoms with van der Waals surface area (Å²) in [5.74, 6) is 0.995. The zero-order valence-corrected chi connectivity index (χ0v) is 13.1. The van der Waals surface area contributed by atoms with Crippen molar-refractivity contribution in [1.82, 2.24) is 5.32 Å². The molecule has 2 aromatic rings. The number of ether oxygens (including phenoxy) is 1. The molecule has 0 fully saturated rings. The third-order valence-electron chi connectivity index (χ3n) is 3.50. The summed E-state index contributed by atoms with van der Waals surface area (Å²) in [6.45, 7) is 6.95. The number of para-hydroxylation sites is 1. The third kappa shape index (κ3) is 4.91. The highest BCUT2D eigenvalue weighted by Gasteiger charge is 2.02. The summed E-state index contributed by atoms with van der Waals surface area (Å²) in [5, 5.41) is 3.43. The predicted octanol–water partition coefficient (Wildman–Crippen LogP) is 4.33. The third-order valence-corrected chi connectivity index (χ3v) is 3.50. The average molecular weight is 283 g/mol. The summed E-state index contributed by atoms with van der Waals surface area (Å²) in [5.41, 5.74) is 3.79. The molecule has 0 saturated heterocycles. The first kappa shape index (κ1) is 15.6. The lowest BCUT2D eigenvalue weighted by Gasteiger charge is -2.11. The van der Waals surface area contributed by atoms with E-state index in [1.54, 1.807) is 0 Å². The molecule has 2 nitrogen and oxygen atoms in total. The van der Waals surface area contributed by atoms with Crippen LogP contribution in [0, 0.1) is 0 Å². The van der Waals surface area contributed by atoms with Gasteiger partial charge in [-0.05, 0) is 42.1 Å². The van der Waals surface area contributed by atoms with E-state index in [1.807, 2.05) is 12.1 Å². The Hall–Kier alpha value is -1.80. The molecule has 0 aliphatic heterocycles. The van der Waals surface area contributed by atoms with Gasteiger partial charge in [-0.1, -0.05) is 56.3 Å². The fraction of sp³-hybridized carbons (Fsp3) is 0.368. The maximum absolute atomic E-state index is 5.97. The van der Waals surface area contributed by atoms with E-state index in [-0.39, 0.29) is 0 Å². The average Bonchev–Trinajstić information content (AvgIpc) is 2.54. The summed E-state index contributed by atoms with van der Waals surface area (Å²) in [7, 11) is 0. The van der Waals surface area contributed by atoms with Crippen LogP contribution in [0.25, 0.3) is 0 Å². The van der Waals surface area contributed by atoms with Crippen molar-refractivity contribution in [1.29, 1.82) is 0 Å². The maximum Gasteiger partial charge on any atom is 0.122 e. The Morgan fingerprint density at radius 1 is 0.952 bits per heavy atom. The van der Waals surface area contributed by atoms with E-state index in [1.165, 1.54) is 16.7 Å². The van der Waals surface area contributed by atoms with Crippen molar-refractivity contribution in [2.75, 3.05) is 6.54 Å². The van der Waals surface area contributed by atoms with Crippen LogP contribution in [-0.2, 0) is 19.6 Å². The molecule has 2 heteroatoms. The van der Waals surface area contributed by atoms with Gasteiger partial charge >= 0.3 is 0 Å². The van der Waals surface area contributed by atoms with Crippen LogP contribution in [0.15, 0.2) is 48.5 Å². The molecular weight excluding hydrogens is 258 g/mol. The maximum atomic E-state index is 5.97. The van der Waals surface area contributed by atoms with Crippen molar-refractivity contribution in [3.8, 4) is 5.75 Å². The van der Waals surface area contributed by atoms with Gasteiger partial charge in [0, 0.05) is 6.54 Å². The number of nitrogens with one attached hydrogen (secondary N) is 1. The van der Waals surface area contributed by atoms with E-state index in [4.69, 9.17) is 4.74 Å². The van der Waals surface area contributed by atoms with E-state index in [2.05, 4.69) is 55.6 Å². The highest BCUT2D eigenvalue weighted by molar-refractivity contribution is 5.33. The monoisotopic (exact) mass is 283 g/mol. The minimum absolute atomic E-state index is 0.624. The normalized spacial score (nSPS) is 10.6. The molecule has 0 aromatic heterocycles.